The molecule has 0 bridgehead atoms. The van der Waals surface area contributed by atoms with Crippen LogP contribution in [0.1, 0.15) is 39.5 Å². The van der Waals surface area contributed by atoms with Crippen molar-refractivity contribution in [3.63, 3.8) is 0 Å². The number of aliphatic imine (C=N–C) groups is 1. The van der Waals surface area contributed by atoms with Crippen LogP contribution in [0.2, 0.25) is 0 Å². The first kappa shape index (κ1) is 11.8. The van der Waals surface area contributed by atoms with Crippen LogP contribution < -0.4 is 5.32 Å². The molecule has 1 spiro atoms. The zero-order valence-corrected chi connectivity index (χ0v) is 11.6. The van der Waals surface area contributed by atoms with Crippen molar-refractivity contribution in [2.75, 3.05) is 19.0 Å². The van der Waals surface area contributed by atoms with Gasteiger partial charge in [-0.05, 0) is 45.4 Å². The van der Waals surface area contributed by atoms with E-state index in [1.165, 1.54) is 18.0 Å². The molecule has 1 saturated heterocycles. The van der Waals surface area contributed by atoms with E-state index in [-0.39, 0.29) is 11.1 Å². The first-order chi connectivity index (χ1) is 8.10. The summed E-state index contributed by atoms with van der Waals surface area (Å²) in [6.07, 6.45) is 4.93. The van der Waals surface area contributed by atoms with Crippen LogP contribution in [0.25, 0.3) is 0 Å². The van der Waals surface area contributed by atoms with Crippen LogP contribution in [0.3, 0.4) is 0 Å². The Balaban J connectivity index is 1.66. The van der Waals surface area contributed by atoms with Crippen molar-refractivity contribution in [2.45, 2.75) is 50.6 Å². The summed E-state index contributed by atoms with van der Waals surface area (Å²) in [7, 11) is 0. The molecule has 3 rings (SSSR count). The van der Waals surface area contributed by atoms with E-state index >= 15 is 0 Å². The predicted molar refractivity (Wildman–Crippen MR) is 72.6 cm³/mol. The number of amidine groups is 1. The fourth-order valence-corrected chi connectivity index (χ4v) is 4.09. The number of nitrogens with zero attached hydrogens (tertiary/aromatic N) is 1. The van der Waals surface area contributed by atoms with Crippen molar-refractivity contribution < 1.29 is 4.74 Å². The van der Waals surface area contributed by atoms with Gasteiger partial charge in [0.05, 0.1) is 5.54 Å². The molecule has 2 aliphatic heterocycles. The van der Waals surface area contributed by atoms with Crippen LogP contribution in [-0.4, -0.2) is 35.2 Å². The normalized spacial score (nSPS) is 28.2. The minimum Gasteiger partial charge on any atom is -0.381 e. The van der Waals surface area contributed by atoms with Gasteiger partial charge in [0.2, 0.25) is 0 Å². The summed E-state index contributed by atoms with van der Waals surface area (Å²) < 4.78 is 5.44. The van der Waals surface area contributed by atoms with E-state index in [0.29, 0.717) is 0 Å². The lowest BCUT2D eigenvalue weighted by atomic mass is 9.93. The maximum Gasteiger partial charge on any atom is 0.157 e. The fourth-order valence-electron chi connectivity index (χ4n) is 2.74. The van der Waals surface area contributed by atoms with Crippen molar-refractivity contribution in [1.82, 2.24) is 5.32 Å². The van der Waals surface area contributed by atoms with E-state index in [2.05, 4.69) is 19.2 Å². The Hall–Kier alpha value is -0.220. The first-order valence-electron chi connectivity index (χ1n) is 6.68. The second-order valence-corrected chi connectivity index (χ2v) is 7.13. The van der Waals surface area contributed by atoms with Gasteiger partial charge in [-0.1, -0.05) is 11.8 Å². The average Bonchev–Trinajstić information content (AvgIpc) is 3.07. The van der Waals surface area contributed by atoms with Crippen LogP contribution in [0.15, 0.2) is 4.99 Å². The maximum absolute atomic E-state index is 5.44. The van der Waals surface area contributed by atoms with Gasteiger partial charge in [0, 0.05) is 24.5 Å². The van der Waals surface area contributed by atoms with E-state index in [4.69, 9.17) is 9.73 Å². The highest BCUT2D eigenvalue weighted by Gasteiger charge is 2.42. The van der Waals surface area contributed by atoms with Crippen LogP contribution in [-0.2, 0) is 4.74 Å². The largest absolute Gasteiger partial charge is 0.381 e. The highest BCUT2D eigenvalue weighted by atomic mass is 32.2. The lowest BCUT2D eigenvalue weighted by molar-refractivity contribution is 0.0623. The van der Waals surface area contributed by atoms with Gasteiger partial charge < -0.3 is 10.1 Å². The summed E-state index contributed by atoms with van der Waals surface area (Å²) in [5.41, 5.74) is 0.410. The molecular formula is C13H22N2OS. The average molecular weight is 254 g/mol. The van der Waals surface area contributed by atoms with E-state index in [1.54, 1.807) is 0 Å². The molecule has 0 atom stereocenters. The Kier molecular flexibility index (Phi) is 2.90. The Morgan fingerprint density at radius 3 is 2.71 bits per heavy atom. The lowest BCUT2D eigenvalue weighted by Gasteiger charge is -2.29. The second kappa shape index (κ2) is 4.16. The molecule has 0 amide bonds. The minimum atomic E-state index is 0.185. The third-order valence-corrected chi connectivity index (χ3v) is 5.42. The molecule has 3 nitrogen and oxygen atoms in total. The molecule has 3 aliphatic rings. The molecule has 2 fully saturated rings. The Labute approximate surface area is 108 Å². The van der Waals surface area contributed by atoms with Gasteiger partial charge >= 0.3 is 0 Å². The maximum atomic E-state index is 5.44. The van der Waals surface area contributed by atoms with Crippen LogP contribution in [0, 0.1) is 5.92 Å². The molecule has 96 valence electrons. The number of hydrogen-bond acceptors (Lipinski definition) is 4. The standard InChI is InChI=1S/C13H22N2OS/c1-12(2,10-3-4-10)14-11-15-13(9-17-11)5-7-16-8-6-13/h10H,3-9H2,1-2H3,(H,14,15). The minimum absolute atomic E-state index is 0.185. The molecule has 2 heterocycles. The van der Waals surface area contributed by atoms with E-state index in [9.17, 15) is 0 Å². The lowest BCUT2D eigenvalue weighted by Crippen LogP contribution is -2.44. The number of nitrogens with one attached hydrogen (secondary N) is 1. The molecular weight excluding hydrogens is 232 g/mol. The van der Waals surface area contributed by atoms with E-state index < -0.39 is 0 Å². The van der Waals surface area contributed by atoms with Gasteiger partial charge in [-0.2, -0.15) is 0 Å². The third kappa shape index (κ3) is 2.48. The summed E-state index contributed by atoms with van der Waals surface area (Å²) in [6, 6.07) is 0. The quantitative estimate of drug-likeness (QED) is 0.821. The summed E-state index contributed by atoms with van der Waals surface area (Å²) in [4.78, 5) is 4.96. The summed E-state index contributed by atoms with van der Waals surface area (Å²) in [6.45, 7) is 6.37. The third-order valence-electron chi connectivity index (χ3n) is 4.27. The molecule has 4 heteroatoms. The highest BCUT2D eigenvalue weighted by molar-refractivity contribution is 8.14. The summed E-state index contributed by atoms with van der Waals surface area (Å²) in [5.74, 6) is 1.98. The zero-order valence-electron chi connectivity index (χ0n) is 10.8. The topological polar surface area (TPSA) is 33.6 Å². The highest BCUT2D eigenvalue weighted by Crippen LogP contribution is 2.41. The van der Waals surface area contributed by atoms with E-state index in [0.717, 1.165) is 37.7 Å². The smallest absolute Gasteiger partial charge is 0.157 e. The molecule has 1 aliphatic carbocycles. The van der Waals surface area contributed by atoms with Crippen molar-refractivity contribution in [3.05, 3.63) is 0 Å². The fraction of sp³-hybridized carbons (Fsp3) is 0.923. The predicted octanol–water partition coefficient (Wildman–Crippen LogP) is 2.42. The summed E-state index contributed by atoms with van der Waals surface area (Å²) >= 11 is 1.90. The Morgan fingerprint density at radius 2 is 2.06 bits per heavy atom. The number of rotatable bonds is 2. The molecule has 17 heavy (non-hydrogen) atoms. The zero-order chi connectivity index (χ0) is 11.9. The van der Waals surface area contributed by atoms with Crippen molar-refractivity contribution in [2.24, 2.45) is 10.9 Å². The van der Waals surface area contributed by atoms with Gasteiger partial charge in [0.1, 0.15) is 0 Å². The number of thioether (sulfide) groups is 1. The molecule has 0 aromatic rings. The monoisotopic (exact) mass is 254 g/mol. The Bertz CT molecular complexity index is 330. The second-order valence-electron chi connectivity index (χ2n) is 6.16. The number of hydrogen-bond donors (Lipinski definition) is 1. The first-order valence-corrected chi connectivity index (χ1v) is 7.67. The van der Waals surface area contributed by atoms with Crippen LogP contribution >= 0.6 is 11.8 Å². The van der Waals surface area contributed by atoms with Gasteiger partial charge in [-0.3, -0.25) is 4.99 Å². The van der Waals surface area contributed by atoms with Crippen molar-refractivity contribution >= 4 is 16.9 Å². The van der Waals surface area contributed by atoms with Gasteiger partial charge in [-0.15, -0.1) is 0 Å². The SMILES string of the molecule is CC(C)(NC1=NC2(CCOCC2)CS1)C1CC1. The van der Waals surface area contributed by atoms with Crippen molar-refractivity contribution in [3.8, 4) is 0 Å². The van der Waals surface area contributed by atoms with Crippen LogP contribution in [0.4, 0.5) is 0 Å². The molecule has 0 radical (unpaired) electrons. The van der Waals surface area contributed by atoms with Crippen molar-refractivity contribution in [1.29, 1.82) is 0 Å². The van der Waals surface area contributed by atoms with Gasteiger partial charge in [-0.25, -0.2) is 0 Å². The van der Waals surface area contributed by atoms with Crippen LogP contribution in [0.5, 0.6) is 0 Å². The van der Waals surface area contributed by atoms with E-state index in [1.807, 2.05) is 11.8 Å². The summed E-state index contributed by atoms with van der Waals surface area (Å²) in [5, 5.41) is 4.83. The van der Waals surface area contributed by atoms with Gasteiger partial charge in [0.25, 0.3) is 0 Å². The molecule has 0 unspecified atom stereocenters. The molecule has 0 aromatic heterocycles. The molecule has 0 aromatic carbocycles. The Morgan fingerprint density at radius 1 is 1.35 bits per heavy atom. The number of ether oxygens (including phenoxy) is 1. The van der Waals surface area contributed by atoms with Gasteiger partial charge in [0.15, 0.2) is 5.17 Å². The molecule has 1 N–H and O–H groups in total. The molecule has 1 saturated carbocycles.